The molecule has 0 radical (unpaired) electrons. The molecule has 26 heavy (non-hydrogen) atoms. The molecule has 0 unspecified atom stereocenters. The summed E-state index contributed by atoms with van der Waals surface area (Å²) in [7, 11) is 0. The molecule has 3 heterocycles. The molecule has 8 heteroatoms. The summed E-state index contributed by atoms with van der Waals surface area (Å²) in [6.45, 7) is 7.79. The molecule has 1 N–H and O–H groups in total. The molecule has 0 atom stereocenters. The van der Waals surface area contributed by atoms with E-state index in [0.29, 0.717) is 19.6 Å². The Balaban J connectivity index is 1.64. The first kappa shape index (κ1) is 19.0. The second-order valence-corrected chi connectivity index (χ2v) is 8.10. The third-order valence-corrected chi connectivity index (χ3v) is 6.25. The second-order valence-electron chi connectivity index (χ2n) is 6.32. The molecule has 2 amide bonds. The lowest BCUT2D eigenvalue weighted by Gasteiger charge is -2.21. The van der Waals surface area contributed by atoms with E-state index in [1.54, 1.807) is 11.3 Å². The fraction of sp³-hybridized carbons (Fsp3) is 0.500. The van der Waals surface area contributed by atoms with Gasteiger partial charge in [-0.2, -0.15) is 11.3 Å². The number of aromatic nitrogens is 1. The van der Waals surface area contributed by atoms with E-state index in [1.165, 1.54) is 11.3 Å². The number of likely N-dealkylation sites (N-methyl/N-ethyl adjacent to an activating group) is 1. The van der Waals surface area contributed by atoms with Crippen molar-refractivity contribution in [2.24, 2.45) is 0 Å². The van der Waals surface area contributed by atoms with Gasteiger partial charge in [-0.1, -0.05) is 0 Å². The smallest absolute Gasteiger partial charge is 0.265 e. The van der Waals surface area contributed by atoms with Crippen LogP contribution in [0.3, 0.4) is 0 Å². The van der Waals surface area contributed by atoms with Crippen LogP contribution in [-0.2, 0) is 4.79 Å². The van der Waals surface area contributed by atoms with E-state index in [-0.39, 0.29) is 11.8 Å². The van der Waals surface area contributed by atoms with Gasteiger partial charge >= 0.3 is 0 Å². The van der Waals surface area contributed by atoms with Gasteiger partial charge in [0.1, 0.15) is 9.88 Å². The number of amides is 2. The number of nitrogens with one attached hydrogen (secondary N) is 1. The average Bonchev–Trinajstić information content (AvgIpc) is 3.21. The Morgan fingerprint density at radius 1 is 1.27 bits per heavy atom. The molecule has 2 aromatic rings. The molecule has 0 bridgehead atoms. The summed E-state index contributed by atoms with van der Waals surface area (Å²) in [6, 6.07) is 2.03. The fourth-order valence-corrected chi connectivity index (χ4v) is 4.78. The highest BCUT2D eigenvalue weighted by Gasteiger charge is 2.25. The van der Waals surface area contributed by atoms with Gasteiger partial charge in [-0.25, -0.2) is 4.98 Å². The zero-order valence-corrected chi connectivity index (χ0v) is 16.8. The lowest BCUT2D eigenvalue weighted by Crippen LogP contribution is -2.40. The quantitative estimate of drug-likeness (QED) is 0.849. The number of thiazole rings is 1. The van der Waals surface area contributed by atoms with Gasteiger partial charge in [0.05, 0.1) is 12.2 Å². The Morgan fingerprint density at radius 2 is 2.12 bits per heavy atom. The maximum absolute atomic E-state index is 13.0. The van der Waals surface area contributed by atoms with Crippen LogP contribution < -0.4 is 5.32 Å². The topological polar surface area (TPSA) is 65.5 Å². The first-order chi connectivity index (χ1) is 12.6. The molecule has 1 saturated heterocycles. The minimum Gasteiger partial charge on any atom is -0.355 e. The SMILES string of the molecule is CCNC(=O)CN1CCCN(C(=O)c2sc(-c3ccsc3)nc2C)CC1. The van der Waals surface area contributed by atoms with Crippen molar-refractivity contribution in [3.63, 3.8) is 0 Å². The van der Waals surface area contributed by atoms with Crippen molar-refractivity contribution >= 4 is 34.5 Å². The highest BCUT2D eigenvalue weighted by molar-refractivity contribution is 7.17. The number of carbonyl (C=O) groups excluding carboxylic acids is 2. The van der Waals surface area contributed by atoms with Gasteiger partial charge in [0.2, 0.25) is 5.91 Å². The summed E-state index contributed by atoms with van der Waals surface area (Å²) in [6.07, 6.45) is 0.875. The molecule has 6 nitrogen and oxygen atoms in total. The van der Waals surface area contributed by atoms with Crippen LogP contribution >= 0.6 is 22.7 Å². The van der Waals surface area contributed by atoms with Crippen LogP contribution in [0.4, 0.5) is 0 Å². The largest absolute Gasteiger partial charge is 0.355 e. The van der Waals surface area contributed by atoms with Gasteiger partial charge in [0.15, 0.2) is 0 Å². The van der Waals surface area contributed by atoms with Crippen molar-refractivity contribution in [2.45, 2.75) is 20.3 Å². The van der Waals surface area contributed by atoms with Crippen LogP contribution in [0.2, 0.25) is 0 Å². The van der Waals surface area contributed by atoms with Gasteiger partial charge in [-0.3, -0.25) is 14.5 Å². The lowest BCUT2D eigenvalue weighted by molar-refractivity contribution is -0.122. The van der Waals surface area contributed by atoms with Crippen LogP contribution in [0, 0.1) is 6.92 Å². The number of aryl methyl sites for hydroxylation is 1. The van der Waals surface area contributed by atoms with Crippen molar-refractivity contribution in [1.29, 1.82) is 0 Å². The van der Waals surface area contributed by atoms with Crippen LogP contribution in [0.1, 0.15) is 28.7 Å². The first-order valence-corrected chi connectivity index (χ1v) is 10.6. The third-order valence-electron chi connectivity index (χ3n) is 4.38. The monoisotopic (exact) mass is 392 g/mol. The van der Waals surface area contributed by atoms with Gasteiger partial charge in [0.25, 0.3) is 5.91 Å². The van der Waals surface area contributed by atoms with Crippen molar-refractivity contribution in [2.75, 3.05) is 39.3 Å². The van der Waals surface area contributed by atoms with Gasteiger partial charge < -0.3 is 10.2 Å². The molecule has 3 rings (SSSR count). The summed E-state index contributed by atoms with van der Waals surface area (Å²) in [5, 5.41) is 7.81. The molecule has 140 valence electrons. The molecule has 0 aliphatic carbocycles. The molecule has 2 aromatic heterocycles. The number of thiophene rings is 1. The number of hydrogen-bond donors (Lipinski definition) is 1. The zero-order valence-electron chi connectivity index (χ0n) is 15.2. The van der Waals surface area contributed by atoms with E-state index in [9.17, 15) is 9.59 Å². The Morgan fingerprint density at radius 3 is 2.85 bits per heavy atom. The van der Waals surface area contributed by atoms with Crippen LogP contribution in [0.25, 0.3) is 10.6 Å². The maximum Gasteiger partial charge on any atom is 0.265 e. The third kappa shape index (κ3) is 4.49. The second kappa shape index (κ2) is 8.75. The van der Waals surface area contributed by atoms with Crippen LogP contribution in [-0.4, -0.2) is 65.9 Å². The standard InChI is InChI=1S/C18H24N4O2S2/c1-3-19-15(23)11-21-6-4-7-22(9-8-21)18(24)16-13(2)20-17(26-16)14-5-10-25-12-14/h5,10,12H,3-4,6-9,11H2,1-2H3,(H,19,23). The Hall–Kier alpha value is -1.77. The number of nitrogens with zero attached hydrogens (tertiary/aromatic N) is 3. The van der Waals surface area contributed by atoms with Crippen molar-refractivity contribution < 1.29 is 9.59 Å². The minimum atomic E-state index is 0.0472. The maximum atomic E-state index is 13.0. The zero-order chi connectivity index (χ0) is 18.5. The Labute approximate surface area is 161 Å². The predicted molar refractivity (Wildman–Crippen MR) is 106 cm³/mol. The minimum absolute atomic E-state index is 0.0472. The lowest BCUT2D eigenvalue weighted by atomic mass is 10.3. The summed E-state index contributed by atoms with van der Waals surface area (Å²) in [5.41, 5.74) is 1.87. The van der Waals surface area contributed by atoms with Gasteiger partial charge in [-0.05, 0) is 31.7 Å². The number of rotatable bonds is 5. The normalized spacial score (nSPS) is 15.7. The van der Waals surface area contributed by atoms with E-state index in [1.807, 2.05) is 30.2 Å². The Kier molecular flexibility index (Phi) is 6.39. The highest BCUT2D eigenvalue weighted by atomic mass is 32.1. The molecule has 0 spiro atoms. The van der Waals surface area contributed by atoms with Crippen LogP contribution in [0.5, 0.6) is 0 Å². The van der Waals surface area contributed by atoms with E-state index >= 15 is 0 Å². The van der Waals surface area contributed by atoms with E-state index in [2.05, 4.69) is 20.6 Å². The molecule has 0 saturated carbocycles. The highest BCUT2D eigenvalue weighted by Crippen LogP contribution is 2.30. The molecule has 1 aliphatic rings. The average molecular weight is 393 g/mol. The van der Waals surface area contributed by atoms with E-state index in [0.717, 1.165) is 47.2 Å². The Bertz CT molecular complexity index is 757. The van der Waals surface area contributed by atoms with Crippen LogP contribution in [0.15, 0.2) is 16.8 Å². The number of hydrogen-bond acceptors (Lipinski definition) is 6. The number of carbonyl (C=O) groups is 2. The summed E-state index contributed by atoms with van der Waals surface area (Å²) in [5.74, 6) is 0.104. The fourth-order valence-electron chi connectivity index (χ4n) is 3.04. The van der Waals surface area contributed by atoms with Gasteiger partial charge in [0, 0.05) is 43.7 Å². The van der Waals surface area contributed by atoms with E-state index < -0.39 is 0 Å². The molecule has 1 fully saturated rings. The summed E-state index contributed by atoms with van der Waals surface area (Å²) < 4.78 is 0. The predicted octanol–water partition coefficient (Wildman–Crippen LogP) is 2.46. The van der Waals surface area contributed by atoms with E-state index in [4.69, 9.17) is 0 Å². The molecule has 0 aromatic carbocycles. The molecule has 1 aliphatic heterocycles. The van der Waals surface area contributed by atoms with Crippen molar-refractivity contribution in [1.82, 2.24) is 20.1 Å². The summed E-state index contributed by atoms with van der Waals surface area (Å²) in [4.78, 5) is 34.1. The summed E-state index contributed by atoms with van der Waals surface area (Å²) >= 11 is 3.10. The molecular weight excluding hydrogens is 368 g/mol. The van der Waals surface area contributed by atoms with Gasteiger partial charge in [-0.15, -0.1) is 11.3 Å². The van der Waals surface area contributed by atoms with Crippen molar-refractivity contribution in [3.05, 3.63) is 27.4 Å². The van der Waals surface area contributed by atoms with Crippen molar-refractivity contribution in [3.8, 4) is 10.6 Å². The first-order valence-electron chi connectivity index (χ1n) is 8.86. The molecular formula is C18H24N4O2S2.